The smallest absolute Gasteiger partial charge is 0.239 e. The van der Waals surface area contributed by atoms with Crippen molar-refractivity contribution in [1.29, 1.82) is 0 Å². The van der Waals surface area contributed by atoms with Crippen LogP contribution >= 0.6 is 0 Å². The molecule has 5 nitrogen and oxygen atoms in total. The average molecular weight is 297 g/mol. The minimum Gasteiger partial charge on any atom is -0.353 e. The molecule has 0 aliphatic carbocycles. The van der Waals surface area contributed by atoms with Crippen LogP contribution in [0.25, 0.3) is 0 Å². The van der Waals surface area contributed by atoms with Crippen LogP contribution < -0.4 is 16.0 Å². The number of piperazine rings is 1. The first-order valence-electron chi connectivity index (χ1n) is 6.70. The van der Waals surface area contributed by atoms with E-state index in [9.17, 15) is 18.4 Å². The molecule has 1 aromatic rings. The number of carbonyl (C=O) groups excluding carboxylic acids is 2. The Bertz CT molecular complexity index is 521. The lowest BCUT2D eigenvalue weighted by atomic mass is 10.1. The van der Waals surface area contributed by atoms with Gasteiger partial charge < -0.3 is 10.6 Å². The molecule has 21 heavy (non-hydrogen) atoms. The largest absolute Gasteiger partial charge is 0.353 e. The Morgan fingerprint density at radius 3 is 2.67 bits per heavy atom. The van der Waals surface area contributed by atoms with Crippen molar-refractivity contribution in [2.45, 2.75) is 25.4 Å². The molecule has 1 fully saturated rings. The normalized spacial score (nSPS) is 19.8. The minimum atomic E-state index is -0.626. The fraction of sp³-hybridized carbons (Fsp3) is 0.429. The van der Waals surface area contributed by atoms with Crippen LogP contribution in [-0.4, -0.2) is 37.0 Å². The summed E-state index contributed by atoms with van der Waals surface area (Å²) in [5, 5.41) is 8.04. The van der Waals surface area contributed by atoms with E-state index >= 15 is 0 Å². The van der Waals surface area contributed by atoms with E-state index in [2.05, 4.69) is 16.0 Å². The highest BCUT2D eigenvalue weighted by molar-refractivity contribution is 5.86. The van der Waals surface area contributed by atoms with E-state index in [1.807, 2.05) is 0 Å². The number of nitrogens with one attached hydrogen (secondary N) is 3. The van der Waals surface area contributed by atoms with Crippen molar-refractivity contribution in [2.75, 3.05) is 13.1 Å². The van der Waals surface area contributed by atoms with Crippen molar-refractivity contribution in [1.82, 2.24) is 16.0 Å². The lowest BCUT2D eigenvalue weighted by molar-refractivity contribution is -0.126. The molecule has 2 rings (SSSR count). The fourth-order valence-corrected chi connectivity index (χ4v) is 2.18. The van der Waals surface area contributed by atoms with Crippen molar-refractivity contribution >= 4 is 11.8 Å². The van der Waals surface area contributed by atoms with Gasteiger partial charge in [-0.05, 0) is 25.5 Å². The van der Waals surface area contributed by atoms with Crippen molar-refractivity contribution < 1.29 is 18.4 Å². The SMILES string of the molecule is CC(Cc1c(F)cccc1F)NC(=O)C1CNC(=O)CN1. The second kappa shape index (κ2) is 6.62. The Hall–Kier alpha value is -2.02. The molecule has 2 amide bonds. The lowest BCUT2D eigenvalue weighted by Gasteiger charge is -2.25. The van der Waals surface area contributed by atoms with Crippen LogP contribution in [0.2, 0.25) is 0 Å². The van der Waals surface area contributed by atoms with Crippen LogP contribution in [0.1, 0.15) is 12.5 Å². The Morgan fingerprint density at radius 1 is 1.43 bits per heavy atom. The van der Waals surface area contributed by atoms with Gasteiger partial charge in [0.05, 0.1) is 6.54 Å². The highest BCUT2D eigenvalue weighted by atomic mass is 19.1. The molecule has 1 aromatic carbocycles. The Labute approximate surface area is 121 Å². The zero-order chi connectivity index (χ0) is 15.4. The Morgan fingerprint density at radius 2 is 2.10 bits per heavy atom. The molecule has 2 atom stereocenters. The number of halogens is 2. The molecule has 114 valence electrons. The third-order valence-electron chi connectivity index (χ3n) is 3.29. The third kappa shape index (κ3) is 3.98. The topological polar surface area (TPSA) is 70.2 Å². The molecule has 0 saturated carbocycles. The van der Waals surface area contributed by atoms with Gasteiger partial charge in [0.1, 0.15) is 17.7 Å². The molecule has 2 unspecified atom stereocenters. The van der Waals surface area contributed by atoms with E-state index in [0.717, 1.165) is 0 Å². The van der Waals surface area contributed by atoms with Crippen LogP contribution in [0.15, 0.2) is 18.2 Å². The van der Waals surface area contributed by atoms with E-state index in [1.165, 1.54) is 18.2 Å². The maximum Gasteiger partial charge on any atom is 0.239 e. The van der Waals surface area contributed by atoms with Crippen molar-refractivity contribution in [3.8, 4) is 0 Å². The summed E-state index contributed by atoms with van der Waals surface area (Å²) in [4.78, 5) is 22.9. The molecular weight excluding hydrogens is 280 g/mol. The van der Waals surface area contributed by atoms with Gasteiger partial charge in [0.15, 0.2) is 0 Å². The van der Waals surface area contributed by atoms with Crippen LogP contribution in [0, 0.1) is 11.6 Å². The summed E-state index contributed by atoms with van der Waals surface area (Å²) in [6.45, 7) is 1.95. The van der Waals surface area contributed by atoms with Gasteiger partial charge in [0, 0.05) is 18.2 Å². The highest BCUT2D eigenvalue weighted by Crippen LogP contribution is 2.14. The summed E-state index contributed by atoms with van der Waals surface area (Å²) in [6.07, 6.45) is 0.0589. The van der Waals surface area contributed by atoms with Gasteiger partial charge in [-0.15, -0.1) is 0 Å². The average Bonchev–Trinajstić information content (AvgIpc) is 2.43. The standard InChI is InChI=1S/C14H17F2N3O2/c1-8(5-9-10(15)3-2-4-11(9)16)19-14(21)12-6-18-13(20)7-17-12/h2-4,8,12,17H,5-7H2,1H3,(H,18,20)(H,19,21). The van der Waals surface area contributed by atoms with Gasteiger partial charge in [0.2, 0.25) is 11.8 Å². The molecular formula is C14H17F2N3O2. The van der Waals surface area contributed by atoms with Gasteiger partial charge in [-0.3, -0.25) is 14.9 Å². The number of carbonyl (C=O) groups is 2. The summed E-state index contributed by atoms with van der Waals surface area (Å²) in [5.74, 6) is -1.72. The Balaban J connectivity index is 1.91. The van der Waals surface area contributed by atoms with E-state index in [-0.39, 0.29) is 36.9 Å². The van der Waals surface area contributed by atoms with Gasteiger partial charge in [-0.1, -0.05) is 6.07 Å². The summed E-state index contributed by atoms with van der Waals surface area (Å²) < 4.78 is 27.1. The molecule has 3 N–H and O–H groups in total. The van der Waals surface area contributed by atoms with Crippen molar-refractivity contribution in [3.05, 3.63) is 35.4 Å². The maximum absolute atomic E-state index is 13.5. The number of hydrogen-bond acceptors (Lipinski definition) is 3. The zero-order valence-corrected chi connectivity index (χ0v) is 11.6. The van der Waals surface area contributed by atoms with Gasteiger partial charge in [-0.2, -0.15) is 0 Å². The second-order valence-electron chi connectivity index (χ2n) is 5.05. The van der Waals surface area contributed by atoms with Crippen molar-refractivity contribution in [2.24, 2.45) is 0 Å². The maximum atomic E-state index is 13.5. The van der Waals surface area contributed by atoms with Gasteiger partial charge in [0.25, 0.3) is 0 Å². The molecule has 7 heteroatoms. The quantitative estimate of drug-likeness (QED) is 0.738. The fourth-order valence-electron chi connectivity index (χ4n) is 2.18. The highest BCUT2D eigenvalue weighted by Gasteiger charge is 2.25. The number of hydrogen-bond donors (Lipinski definition) is 3. The molecule has 1 aliphatic heterocycles. The molecule has 0 bridgehead atoms. The van der Waals surface area contributed by atoms with Gasteiger partial charge in [-0.25, -0.2) is 8.78 Å². The molecule has 1 saturated heterocycles. The first-order valence-corrected chi connectivity index (χ1v) is 6.70. The monoisotopic (exact) mass is 297 g/mol. The molecule has 1 aliphatic rings. The lowest BCUT2D eigenvalue weighted by Crippen LogP contribution is -2.59. The molecule has 0 radical (unpaired) electrons. The number of rotatable bonds is 4. The van der Waals surface area contributed by atoms with Crippen LogP contribution in [0.3, 0.4) is 0 Å². The van der Waals surface area contributed by atoms with Crippen LogP contribution in [0.5, 0.6) is 0 Å². The predicted molar refractivity (Wildman–Crippen MR) is 72.5 cm³/mol. The van der Waals surface area contributed by atoms with E-state index in [4.69, 9.17) is 0 Å². The number of benzene rings is 1. The summed E-state index contributed by atoms with van der Waals surface area (Å²) in [7, 11) is 0. The minimum absolute atomic E-state index is 0.0461. The molecule has 0 aromatic heterocycles. The molecule has 0 spiro atoms. The molecule has 1 heterocycles. The summed E-state index contributed by atoms with van der Waals surface area (Å²) in [5.41, 5.74) is -0.0461. The summed E-state index contributed by atoms with van der Waals surface area (Å²) in [6, 6.07) is 2.71. The predicted octanol–water partition coefficient (Wildman–Crippen LogP) is 0.1000. The van der Waals surface area contributed by atoms with Crippen molar-refractivity contribution in [3.63, 3.8) is 0 Å². The van der Waals surface area contributed by atoms with E-state index < -0.39 is 23.7 Å². The first kappa shape index (κ1) is 15.4. The number of amides is 2. The Kier molecular flexibility index (Phi) is 4.85. The third-order valence-corrected chi connectivity index (χ3v) is 3.29. The summed E-state index contributed by atoms with van der Waals surface area (Å²) >= 11 is 0. The second-order valence-corrected chi connectivity index (χ2v) is 5.05. The van der Waals surface area contributed by atoms with Gasteiger partial charge >= 0.3 is 0 Å². The van der Waals surface area contributed by atoms with Crippen LogP contribution in [0.4, 0.5) is 8.78 Å². The first-order chi connectivity index (χ1) is 9.97. The van der Waals surface area contributed by atoms with Crippen LogP contribution in [-0.2, 0) is 16.0 Å². The van der Waals surface area contributed by atoms with E-state index in [1.54, 1.807) is 6.92 Å². The van der Waals surface area contributed by atoms with E-state index in [0.29, 0.717) is 0 Å². The zero-order valence-electron chi connectivity index (χ0n) is 11.6.